The first-order valence-corrected chi connectivity index (χ1v) is 9.72. The average Bonchev–Trinajstić information content (AvgIpc) is 2.76. The zero-order valence-electron chi connectivity index (χ0n) is 14.6. The SMILES string of the molecule is CCc1cc2[nH]c(=O)c(=O)c(NC(=O)Nc3ccccc3)c(O)c2c(I)c1Cl. The molecule has 2 aromatic carbocycles. The fourth-order valence-electron chi connectivity index (χ4n) is 2.70. The van der Waals surface area contributed by atoms with E-state index in [0.29, 0.717) is 20.7 Å². The maximum Gasteiger partial charge on any atom is 0.323 e. The molecule has 0 spiro atoms. The number of para-hydroxylation sites is 1. The summed E-state index contributed by atoms with van der Waals surface area (Å²) < 4.78 is 0.462. The summed E-state index contributed by atoms with van der Waals surface area (Å²) in [6.45, 7) is 1.89. The second-order valence-corrected chi connectivity index (χ2v) is 7.35. The number of fused-ring (bicyclic) bond motifs is 1. The van der Waals surface area contributed by atoms with Gasteiger partial charge in [0.25, 0.3) is 11.0 Å². The monoisotopic (exact) mass is 511 g/mol. The highest BCUT2D eigenvalue weighted by Gasteiger charge is 2.19. The molecule has 0 radical (unpaired) electrons. The van der Waals surface area contributed by atoms with Crippen LogP contribution in [0.5, 0.6) is 5.75 Å². The fraction of sp³-hybridized carbons (Fsp3) is 0.105. The molecule has 0 saturated heterocycles. The van der Waals surface area contributed by atoms with Crippen LogP contribution in [0.2, 0.25) is 5.02 Å². The first kappa shape index (κ1) is 20.2. The van der Waals surface area contributed by atoms with Crippen molar-refractivity contribution < 1.29 is 9.90 Å². The van der Waals surface area contributed by atoms with Gasteiger partial charge in [-0.15, -0.1) is 0 Å². The Labute approximate surface area is 177 Å². The van der Waals surface area contributed by atoms with E-state index in [-0.39, 0.29) is 10.9 Å². The molecular weight excluding hydrogens is 497 g/mol. The van der Waals surface area contributed by atoms with Crippen LogP contribution >= 0.6 is 34.2 Å². The minimum atomic E-state index is -1.07. The summed E-state index contributed by atoms with van der Waals surface area (Å²) in [5.74, 6) is -0.532. The molecular formula is C19H15ClIN3O4. The first-order valence-electron chi connectivity index (χ1n) is 8.26. The molecule has 0 fully saturated rings. The summed E-state index contributed by atoms with van der Waals surface area (Å²) in [5, 5.41) is 16.1. The minimum Gasteiger partial charge on any atom is -0.505 e. The normalized spacial score (nSPS) is 10.7. The van der Waals surface area contributed by atoms with Crippen LogP contribution in [0.15, 0.2) is 46.0 Å². The van der Waals surface area contributed by atoms with Crippen molar-refractivity contribution in [3.63, 3.8) is 0 Å². The van der Waals surface area contributed by atoms with Crippen LogP contribution in [0.4, 0.5) is 16.2 Å². The van der Waals surface area contributed by atoms with Gasteiger partial charge < -0.3 is 20.7 Å². The van der Waals surface area contributed by atoms with E-state index in [1.807, 2.05) is 29.5 Å². The van der Waals surface area contributed by atoms with Gasteiger partial charge >= 0.3 is 6.03 Å². The van der Waals surface area contributed by atoms with Gasteiger partial charge in [0.2, 0.25) is 0 Å². The summed E-state index contributed by atoms with van der Waals surface area (Å²) in [4.78, 5) is 39.5. The van der Waals surface area contributed by atoms with E-state index < -0.39 is 28.5 Å². The number of halogens is 2. The topological polar surface area (TPSA) is 111 Å². The molecule has 4 N–H and O–H groups in total. The van der Waals surface area contributed by atoms with E-state index in [1.165, 1.54) is 0 Å². The molecule has 0 saturated carbocycles. The highest BCUT2D eigenvalue weighted by atomic mass is 127. The molecule has 28 heavy (non-hydrogen) atoms. The smallest absolute Gasteiger partial charge is 0.323 e. The predicted molar refractivity (Wildman–Crippen MR) is 119 cm³/mol. The third-order valence-corrected chi connectivity index (χ3v) is 5.92. The van der Waals surface area contributed by atoms with Gasteiger partial charge in [-0.2, -0.15) is 0 Å². The van der Waals surface area contributed by atoms with Crippen LogP contribution in [0, 0.1) is 3.57 Å². The van der Waals surface area contributed by atoms with Crippen molar-refractivity contribution in [2.24, 2.45) is 0 Å². The van der Waals surface area contributed by atoms with Gasteiger partial charge in [0.1, 0.15) is 5.69 Å². The number of urea groups is 1. The van der Waals surface area contributed by atoms with Crippen molar-refractivity contribution in [1.29, 1.82) is 0 Å². The Morgan fingerprint density at radius 1 is 1.21 bits per heavy atom. The fourth-order valence-corrected chi connectivity index (χ4v) is 3.88. The molecule has 0 unspecified atom stereocenters. The lowest BCUT2D eigenvalue weighted by Gasteiger charge is -2.10. The predicted octanol–water partition coefficient (Wildman–Crippen LogP) is 4.06. The van der Waals surface area contributed by atoms with E-state index in [1.54, 1.807) is 36.4 Å². The number of hydrogen-bond acceptors (Lipinski definition) is 4. The summed E-state index contributed by atoms with van der Waals surface area (Å²) in [7, 11) is 0. The third kappa shape index (κ3) is 3.83. The molecule has 1 aromatic heterocycles. The standard InChI is InChI=1S/C19H15ClIN3O4/c1-2-9-8-11-12(14(21)13(9)20)16(25)15(17(26)18(27)23-11)24-19(28)22-10-6-4-3-5-7-10/h3-8H,2H2,1H3,(H4,22,23,24,25,26,27,28). The Morgan fingerprint density at radius 2 is 1.89 bits per heavy atom. The van der Waals surface area contributed by atoms with Crippen LogP contribution in [-0.4, -0.2) is 16.1 Å². The Hall–Kier alpha value is -2.59. The molecule has 0 aliphatic carbocycles. The zero-order valence-corrected chi connectivity index (χ0v) is 17.5. The molecule has 3 aromatic rings. The molecule has 0 bridgehead atoms. The number of aromatic amines is 1. The van der Waals surface area contributed by atoms with Crippen LogP contribution in [0.1, 0.15) is 12.5 Å². The number of aromatic nitrogens is 1. The molecule has 7 nitrogen and oxygen atoms in total. The molecule has 0 atom stereocenters. The highest BCUT2D eigenvalue weighted by molar-refractivity contribution is 14.1. The molecule has 0 aliphatic heterocycles. The molecule has 2 amide bonds. The van der Waals surface area contributed by atoms with E-state index in [4.69, 9.17) is 11.6 Å². The molecule has 1 heterocycles. The second-order valence-electron chi connectivity index (χ2n) is 5.89. The Bertz CT molecular complexity index is 1200. The molecule has 3 rings (SSSR count). The number of benzene rings is 2. The van der Waals surface area contributed by atoms with Gasteiger partial charge in [-0.1, -0.05) is 36.7 Å². The van der Waals surface area contributed by atoms with Gasteiger partial charge in [0.15, 0.2) is 5.75 Å². The lowest BCUT2D eigenvalue weighted by molar-refractivity contribution is 0.262. The van der Waals surface area contributed by atoms with Crippen LogP contribution < -0.4 is 21.6 Å². The second kappa shape index (κ2) is 8.19. The van der Waals surface area contributed by atoms with Crippen molar-refractivity contribution in [3.05, 3.63) is 71.1 Å². The van der Waals surface area contributed by atoms with Gasteiger partial charge in [0, 0.05) is 9.26 Å². The van der Waals surface area contributed by atoms with E-state index >= 15 is 0 Å². The summed E-state index contributed by atoms with van der Waals surface area (Å²) >= 11 is 8.27. The first-order chi connectivity index (χ1) is 13.3. The Morgan fingerprint density at radius 3 is 2.54 bits per heavy atom. The third-order valence-electron chi connectivity index (χ3n) is 4.09. The number of rotatable bonds is 3. The quantitative estimate of drug-likeness (QED) is 0.314. The van der Waals surface area contributed by atoms with E-state index in [9.17, 15) is 19.5 Å². The lowest BCUT2D eigenvalue weighted by atomic mass is 10.1. The number of aryl methyl sites for hydroxylation is 1. The maximum absolute atomic E-state index is 12.5. The van der Waals surface area contributed by atoms with Crippen LogP contribution in [-0.2, 0) is 6.42 Å². The van der Waals surface area contributed by atoms with Gasteiger partial charge in [-0.25, -0.2) is 4.79 Å². The Balaban J connectivity index is 2.17. The zero-order chi connectivity index (χ0) is 20.4. The number of carbonyl (C=O) groups is 1. The molecule has 9 heteroatoms. The van der Waals surface area contributed by atoms with Crippen molar-refractivity contribution >= 4 is 62.5 Å². The number of anilines is 2. The van der Waals surface area contributed by atoms with E-state index in [2.05, 4.69) is 15.6 Å². The van der Waals surface area contributed by atoms with Crippen molar-refractivity contribution in [2.45, 2.75) is 13.3 Å². The number of hydrogen-bond donors (Lipinski definition) is 4. The van der Waals surface area contributed by atoms with E-state index in [0.717, 1.165) is 5.56 Å². The molecule has 144 valence electrons. The maximum atomic E-state index is 12.5. The average molecular weight is 512 g/mol. The number of H-pyrrole nitrogens is 1. The van der Waals surface area contributed by atoms with Crippen molar-refractivity contribution in [3.8, 4) is 5.75 Å². The number of amides is 2. The number of carbonyl (C=O) groups excluding carboxylic acids is 1. The summed E-state index contributed by atoms with van der Waals surface area (Å²) in [6.07, 6.45) is 0.598. The van der Waals surface area contributed by atoms with Crippen molar-refractivity contribution in [2.75, 3.05) is 10.6 Å². The largest absolute Gasteiger partial charge is 0.505 e. The molecule has 0 aliphatic rings. The number of nitrogens with one attached hydrogen (secondary N) is 3. The van der Waals surface area contributed by atoms with Gasteiger partial charge in [-0.3, -0.25) is 9.59 Å². The number of aromatic hydroxyl groups is 1. The Kier molecular flexibility index (Phi) is 5.90. The summed E-state index contributed by atoms with van der Waals surface area (Å²) in [5.41, 5.74) is -1.08. The summed E-state index contributed by atoms with van der Waals surface area (Å²) in [6, 6.07) is 9.37. The minimum absolute atomic E-state index is 0.178. The van der Waals surface area contributed by atoms with Gasteiger partial charge in [-0.05, 0) is 52.8 Å². The van der Waals surface area contributed by atoms with Crippen LogP contribution in [0.3, 0.4) is 0 Å². The highest BCUT2D eigenvalue weighted by Crippen LogP contribution is 2.36. The lowest BCUT2D eigenvalue weighted by Crippen LogP contribution is -2.30. The van der Waals surface area contributed by atoms with Gasteiger partial charge in [0.05, 0.1) is 15.9 Å². The van der Waals surface area contributed by atoms with Crippen molar-refractivity contribution in [1.82, 2.24) is 4.98 Å². The van der Waals surface area contributed by atoms with Crippen LogP contribution in [0.25, 0.3) is 10.9 Å².